The Kier molecular flexibility index (Phi) is 4.72. The molecule has 1 aliphatic carbocycles. The molecule has 1 nitrogen and oxygen atoms in total. The van der Waals surface area contributed by atoms with E-state index in [2.05, 4.69) is 33.0 Å². The molecule has 0 aliphatic heterocycles. The normalized spacial score (nSPS) is 26.9. The first-order chi connectivity index (χ1) is 9.70. The van der Waals surface area contributed by atoms with Crippen molar-refractivity contribution in [3.63, 3.8) is 0 Å². The molecule has 1 saturated carbocycles. The molecular formula is C18H27F2N. The van der Waals surface area contributed by atoms with E-state index >= 15 is 0 Å². The lowest BCUT2D eigenvalue weighted by Crippen LogP contribution is -2.47. The average molecular weight is 295 g/mol. The molecule has 0 atom stereocenters. The summed E-state index contributed by atoms with van der Waals surface area (Å²) in [6, 6.07) is 3.99. The van der Waals surface area contributed by atoms with Crippen molar-refractivity contribution < 1.29 is 8.78 Å². The fourth-order valence-corrected chi connectivity index (χ4v) is 3.18. The first kappa shape index (κ1) is 16.4. The van der Waals surface area contributed by atoms with Gasteiger partial charge in [-0.1, -0.05) is 6.92 Å². The lowest BCUT2D eigenvalue weighted by atomic mass is 9.66. The summed E-state index contributed by atoms with van der Waals surface area (Å²) in [5.74, 6) is -0.247. The molecule has 1 aromatic rings. The number of hydrogen-bond acceptors (Lipinski definition) is 1. The van der Waals surface area contributed by atoms with E-state index in [9.17, 15) is 8.78 Å². The topological polar surface area (TPSA) is 12.0 Å². The van der Waals surface area contributed by atoms with Crippen molar-refractivity contribution in [3.05, 3.63) is 35.4 Å². The lowest BCUT2D eigenvalue weighted by molar-refractivity contribution is 0.216. The number of halogens is 2. The number of rotatable bonds is 3. The van der Waals surface area contributed by atoms with Crippen molar-refractivity contribution >= 4 is 0 Å². The third-order valence-corrected chi connectivity index (χ3v) is 4.66. The summed E-state index contributed by atoms with van der Waals surface area (Å²) >= 11 is 0. The van der Waals surface area contributed by atoms with Gasteiger partial charge in [-0.05, 0) is 70.1 Å². The van der Waals surface area contributed by atoms with Gasteiger partial charge in [-0.25, -0.2) is 8.78 Å². The van der Waals surface area contributed by atoms with Crippen molar-refractivity contribution in [1.82, 2.24) is 5.32 Å². The fraction of sp³-hybridized carbons (Fsp3) is 0.667. The zero-order valence-corrected chi connectivity index (χ0v) is 13.6. The van der Waals surface area contributed by atoms with Crippen molar-refractivity contribution in [2.45, 2.75) is 64.3 Å². The predicted octanol–water partition coefficient (Wildman–Crippen LogP) is 4.80. The molecule has 3 heteroatoms. The predicted molar refractivity (Wildman–Crippen MR) is 83.4 cm³/mol. The Balaban J connectivity index is 2.31. The van der Waals surface area contributed by atoms with Gasteiger partial charge < -0.3 is 5.32 Å². The fourth-order valence-electron chi connectivity index (χ4n) is 3.18. The summed E-state index contributed by atoms with van der Waals surface area (Å²) in [5.41, 5.74) is 0.661. The molecule has 0 aromatic heterocycles. The molecular weight excluding hydrogens is 268 g/mol. The van der Waals surface area contributed by atoms with Crippen molar-refractivity contribution in [3.8, 4) is 0 Å². The SMILES string of the molecule is CC1CCC(CNC(C)(C)C)(c2cc(F)cc(F)c2)CC1. The molecule has 0 amide bonds. The Morgan fingerprint density at radius 1 is 1.10 bits per heavy atom. The van der Waals surface area contributed by atoms with Gasteiger partial charge in [0.05, 0.1) is 0 Å². The standard InChI is InChI=1S/C18H27F2N/c1-13-5-7-18(8-6-13,12-21-17(2,3)4)14-9-15(19)11-16(20)10-14/h9-11,13,21H,5-8,12H2,1-4H3. The maximum atomic E-state index is 13.6. The van der Waals surface area contributed by atoms with E-state index in [-0.39, 0.29) is 11.0 Å². The van der Waals surface area contributed by atoms with Crippen LogP contribution in [0.3, 0.4) is 0 Å². The van der Waals surface area contributed by atoms with Crippen LogP contribution in [0.2, 0.25) is 0 Å². The van der Waals surface area contributed by atoms with Gasteiger partial charge in [0.2, 0.25) is 0 Å². The summed E-state index contributed by atoms with van der Waals surface area (Å²) in [6.45, 7) is 9.40. The van der Waals surface area contributed by atoms with Crippen LogP contribution in [0.15, 0.2) is 18.2 Å². The minimum absolute atomic E-state index is 0.00192. The van der Waals surface area contributed by atoms with E-state index in [1.165, 1.54) is 12.1 Å². The number of hydrogen-bond donors (Lipinski definition) is 1. The highest BCUT2D eigenvalue weighted by Crippen LogP contribution is 2.41. The molecule has 0 saturated heterocycles. The summed E-state index contributed by atoms with van der Waals surface area (Å²) in [6.07, 6.45) is 4.20. The van der Waals surface area contributed by atoms with E-state index in [1.807, 2.05) is 0 Å². The van der Waals surface area contributed by atoms with Gasteiger partial charge in [-0.2, -0.15) is 0 Å². The van der Waals surface area contributed by atoms with Crippen LogP contribution >= 0.6 is 0 Å². The molecule has 1 aromatic carbocycles. The highest BCUT2D eigenvalue weighted by molar-refractivity contribution is 5.28. The highest BCUT2D eigenvalue weighted by Gasteiger charge is 2.37. The monoisotopic (exact) mass is 295 g/mol. The summed E-state index contributed by atoms with van der Waals surface area (Å²) in [5, 5.41) is 3.54. The van der Waals surface area contributed by atoms with Gasteiger partial charge >= 0.3 is 0 Å². The maximum absolute atomic E-state index is 13.6. The maximum Gasteiger partial charge on any atom is 0.126 e. The van der Waals surface area contributed by atoms with Crippen LogP contribution < -0.4 is 5.32 Å². The quantitative estimate of drug-likeness (QED) is 0.844. The molecule has 0 bridgehead atoms. The number of benzene rings is 1. The molecule has 0 radical (unpaired) electrons. The molecule has 0 spiro atoms. The first-order valence-electron chi connectivity index (χ1n) is 7.92. The van der Waals surface area contributed by atoms with Crippen LogP contribution in [0.4, 0.5) is 8.78 Å². The molecule has 0 unspecified atom stereocenters. The Hall–Kier alpha value is -0.960. The van der Waals surface area contributed by atoms with E-state index in [0.717, 1.165) is 43.9 Å². The molecule has 2 rings (SSSR count). The van der Waals surface area contributed by atoms with E-state index in [0.29, 0.717) is 5.92 Å². The molecule has 0 heterocycles. The van der Waals surface area contributed by atoms with Crippen LogP contribution in [0.5, 0.6) is 0 Å². The number of nitrogens with one attached hydrogen (secondary N) is 1. The Bertz CT molecular complexity index is 462. The summed E-state index contributed by atoms with van der Waals surface area (Å²) in [4.78, 5) is 0. The Morgan fingerprint density at radius 2 is 1.62 bits per heavy atom. The van der Waals surface area contributed by atoms with Crippen molar-refractivity contribution in [2.75, 3.05) is 6.54 Å². The lowest BCUT2D eigenvalue weighted by Gasteiger charge is -2.42. The first-order valence-corrected chi connectivity index (χ1v) is 7.92. The molecule has 21 heavy (non-hydrogen) atoms. The van der Waals surface area contributed by atoms with Crippen LogP contribution in [0.1, 0.15) is 58.9 Å². The van der Waals surface area contributed by atoms with Gasteiger partial charge in [0.25, 0.3) is 0 Å². The summed E-state index contributed by atoms with van der Waals surface area (Å²) in [7, 11) is 0. The van der Waals surface area contributed by atoms with Gasteiger partial charge in [0, 0.05) is 23.6 Å². The minimum atomic E-state index is -0.473. The van der Waals surface area contributed by atoms with Crippen LogP contribution in [-0.2, 0) is 5.41 Å². The molecule has 1 aliphatic rings. The summed E-state index contributed by atoms with van der Waals surface area (Å²) < 4.78 is 27.3. The highest BCUT2D eigenvalue weighted by atomic mass is 19.1. The Morgan fingerprint density at radius 3 is 2.10 bits per heavy atom. The Labute approximate surface area is 127 Å². The van der Waals surface area contributed by atoms with Crippen LogP contribution in [0.25, 0.3) is 0 Å². The second-order valence-electron chi connectivity index (χ2n) is 7.72. The third kappa shape index (κ3) is 4.26. The van der Waals surface area contributed by atoms with Crippen molar-refractivity contribution in [1.29, 1.82) is 0 Å². The van der Waals surface area contributed by atoms with Gasteiger partial charge in [-0.3, -0.25) is 0 Å². The van der Waals surface area contributed by atoms with Gasteiger partial charge in [0.15, 0.2) is 0 Å². The second-order valence-corrected chi connectivity index (χ2v) is 7.72. The molecule has 118 valence electrons. The van der Waals surface area contributed by atoms with E-state index in [4.69, 9.17) is 0 Å². The van der Waals surface area contributed by atoms with Crippen LogP contribution in [-0.4, -0.2) is 12.1 Å². The van der Waals surface area contributed by atoms with E-state index in [1.54, 1.807) is 0 Å². The smallest absolute Gasteiger partial charge is 0.126 e. The average Bonchev–Trinajstić information content (AvgIpc) is 2.36. The minimum Gasteiger partial charge on any atom is -0.311 e. The van der Waals surface area contributed by atoms with Crippen molar-refractivity contribution in [2.24, 2.45) is 5.92 Å². The molecule has 1 N–H and O–H groups in total. The largest absolute Gasteiger partial charge is 0.311 e. The zero-order valence-electron chi connectivity index (χ0n) is 13.6. The van der Waals surface area contributed by atoms with E-state index < -0.39 is 11.6 Å². The van der Waals surface area contributed by atoms with Gasteiger partial charge in [-0.15, -0.1) is 0 Å². The third-order valence-electron chi connectivity index (χ3n) is 4.66. The van der Waals surface area contributed by atoms with Gasteiger partial charge in [0.1, 0.15) is 11.6 Å². The zero-order chi connectivity index (χ0) is 15.7. The second kappa shape index (κ2) is 6.04. The molecule has 1 fully saturated rings. The van der Waals surface area contributed by atoms with Crippen LogP contribution in [0, 0.1) is 17.6 Å².